The average Bonchev–Trinajstić information content (AvgIpc) is 2.81. The first-order chi connectivity index (χ1) is 9.15. The molecule has 0 fully saturated rings. The zero-order valence-corrected chi connectivity index (χ0v) is 10.7. The van der Waals surface area contributed by atoms with Crippen LogP contribution in [0, 0.1) is 24.1 Å². The van der Waals surface area contributed by atoms with Gasteiger partial charge in [0.15, 0.2) is 0 Å². The summed E-state index contributed by atoms with van der Waals surface area (Å²) in [6, 6.07) is 6.36. The van der Waals surface area contributed by atoms with Gasteiger partial charge < -0.3 is 9.47 Å². The van der Waals surface area contributed by atoms with Gasteiger partial charge in [0.2, 0.25) is 0 Å². The minimum Gasteiger partial charge on any atom is -0.363 e. The van der Waals surface area contributed by atoms with Crippen LogP contribution >= 0.6 is 0 Å². The zero-order chi connectivity index (χ0) is 13.8. The van der Waals surface area contributed by atoms with Gasteiger partial charge >= 0.3 is 0 Å². The second kappa shape index (κ2) is 5.53. The Bertz CT molecular complexity index is 612. The molecule has 0 amide bonds. The van der Waals surface area contributed by atoms with Crippen molar-refractivity contribution in [1.29, 1.82) is 5.26 Å². The van der Waals surface area contributed by atoms with Crippen LogP contribution in [0.1, 0.15) is 11.3 Å². The quantitative estimate of drug-likeness (QED) is 0.844. The van der Waals surface area contributed by atoms with Gasteiger partial charge in [-0.25, -0.2) is 9.37 Å². The number of anilines is 1. The van der Waals surface area contributed by atoms with Crippen LogP contribution in [0.4, 0.5) is 10.1 Å². The van der Waals surface area contributed by atoms with E-state index in [1.807, 2.05) is 17.7 Å². The maximum absolute atomic E-state index is 14.0. The van der Waals surface area contributed by atoms with Crippen molar-refractivity contribution in [2.24, 2.45) is 7.05 Å². The number of rotatable bonds is 4. The molecule has 0 bridgehead atoms. The van der Waals surface area contributed by atoms with E-state index in [1.165, 1.54) is 6.07 Å². The molecule has 0 aliphatic rings. The van der Waals surface area contributed by atoms with E-state index in [2.05, 4.69) is 11.9 Å². The largest absolute Gasteiger partial charge is 0.363 e. The summed E-state index contributed by atoms with van der Waals surface area (Å²) in [6.07, 6.45) is 3.44. The van der Waals surface area contributed by atoms with Gasteiger partial charge in [0.05, 0.1) is 35.9 Å². The molecule has 0 unspecified atom stereocenters. The minimum absolute atomic E-state index is 0.311. The van der Waals surface area contributed by atoms with Crippen LogP contribution in [0.2, 0.25) is 0 Å². The fourth-order valence-corrected chi connectivity index (χ4v) is 1.85. The molecular formula is C14H14FN4. The molecule has 0 spiro atoms. The third-order valence-electron chi connectivity index (χ3n) is 2.96. The van der Waals surface area contributed by atoms with Gasteiger partial charge in [0.25, 0.3) is 0 Å². The Balaban J connectivity index is 2.28. The summed E-state index contributed by atoms with van der Waals surface area (Å²) in [5.74, 6) is -0.412. The normalized spacial score (nSPS) is 10.2. The first-order valence-corrected chi connectivity index (χ1v) is 5.84. The van der Waals surface area contributed by atoms with Gasteiger partial charge in [-0.3, -0.25) is 0 Å². The SMILES string of the molecule is [CH2]CN(Cc1cncn1C)c1ccc(C#N)cc1F. The molecular weight excluding hydrogens is 243 g/mol. The molecule has 0 N–H and O–H groups in total. The lowest BCUT2D eigenvalue weighted by molar-refractivity contribution is 0.617. The first kappa shape index (κ1) is 13.1. The van der Waals surface area contributed by atoms with Gasteiger partial charge in [0.1, 0.15) is 5.82 Å². The van der Waals surface area contributed by atoms with E-state index in [0.717, 1.165) is 5.69 Å². The molecule has 1 radical (unpaired) electrons. The number of imidazole rings is 1. The highest BCUT2D eigenvalue weighted by Gasteiger charge is 2.12. The first-order valence-electron chi connectivity index (χ1n) is 5.84. The highest BCUT2D eigenvalue weighted by atomic mass is 19.1. The third-order valence-corrected chi connectivity index (χ3v) is 2.96. The Hall–Kier alpha value is -2.35. The van der Waals surface area contributed by atoms with E-state index in [9.17, 15) is 4.39 Å². The number of benzene rings is 1. The van der Waals surface area contributed by atoms with E-state index in [1.54, 1.807) is 29.6 Å². The highest BCUT2D eigenvalue weighted by Crippen LogP contribution is 2.22. The average molecular weight is 257 g/mol. The van der Waals surface area contributed by atoms with Crippen LogP contribution in [-0.4, -0.2) is 16.1 Å². The van der Waals surface area contributed by atoms with Crippen molar-refractivity contribution < 1.29 is 4.39 Å². The number of nitrogens with zero attached hydrogens (tertiary/aromatic N) is 4. The molecule has 2 rings (SSSR count). The second-order valence-corrected chi connectivity index (χ2v) is 4.20. The maximum Gasteiger partial charge on any atom is 0.147 e. The number of aryl methyl sites for hydroxylation is 1. The molecule has 0 saturated heterocycles. The number of halogens is 1. The topological polar surface area (TPSA) is 44.9 Å². The predicted octanol–water partition coefficient (Wildman–Crippen LogP) is 2.27. The maximum atomic E-state index is 14.0. The minimum atomic E-state index is -0.412. The Morgan fingerprint density at radius 3 is 2.84 bits per heavy atom. The fraction of sp³-hybridized carbons (Fsp3) is 0.214. The zero-order valence-electron chi connectivity index (χ0n) is 10.7. The van der Waals surface area contributed by atoms with Gasteiger partial charge in [-0.2, -0.15) is 5.26 Å². The fourth-order valence-electron chi connectivity index (χ4n) is 1.85. The molecule has 5 heteroatoms. The van der Waals surface area contributed by atoms with Crippen molar-refractivity contribution in [1.82, 2.24) is 9.55 Å². The molecule has 4 nitrogen and oxygen atoms in total. The van der Waals surface area contributed by atoms with Crippen LogP contribution < -0.4 is 4.90 Å². The van der Waals surface area contributed by atoms with Gasteiger partial charge in [-0.1, -0.05) is 0 Å². The summed E-state index contributed by atoms with van der Waals surface area (Å²) in [5.41, 5.74) is 1.72. The van der Waals surface area contributed by atoms with E-state index in [0.29, 0.717) is 24.3 Å². The summed E-state index contributed by atoms with van der Waals surface area (Å²) in [6.45, 7) is 4.76. The molecule has 1 aromatic carbocycles. The van der Waals surface area contributed by atoms with Crippen LogP contribution in [-0.2, 0) is 13.6 Å². The molecule has 2 aromatic rings. The number of aromatic nitrogens is 2. The molecule has 1 aromatic heterocycles. The van der Waals surface area contributed by atoms with Crippen LogP contribution in [0.3, 0.4) is 0 Å². The molecule has 0 aliphatic heterocycles. The predicted molar refractivity (Wildman–Crippen MR) is 70.7 cm³/mol. The standard InChI is InChI=1S/C14H14FN4/c1-3-19(9-12-8-17-10-18(12)2)14-5-4-11(7-16)6-13(14)15/h4-6,8,10H,1,3,9H2,2H3. The molecule has 0 atom stereocenters. The number of nitriles is 1. The third kappa shape index (κ3) is 2.74. The van der Waals surface area contributed by atoms with Crippen molar-refractivity contribution in [3.05, 3.63) is 54.7 Å². The number of hydrogen-bond donors (Lipinski definition) is 0. The summed E-state index contributed by atoms with van der Waals surface area (Å²) < 4.78 is 15.8. The lowest BCUT2D eigenvalue weighted by Crippen LogP contribution is -2.24. The molecule has 0 saturated carbocycles. The molecule has 19 heavy (non-hydrogen) atoms. The van der Waals surface area contributed by atoms with Crippen LogP contribution in [0.25, 0.3) is 0 Å². The van der Waals surface area contributed by atoms with Crippen molar-refractivity contribution in [2.75, 3.05) is 11.4 Å². The van der Waals surface area contributed by atoms with Crippen molar-refractivity contribution in [3.63, 3.8) is 0 Å². The van der Waals surface area contributed by atoms with Crippen LogP contribution in [0.15, 0.2) is 30.7 Å². The Kier molecular flexibility index (Phi) is 3.81. The Morgan fingerprint density at radius 2 is 2.32 bits per heavy atom. The van der Waals surface area contributed by atoms with E-state index in [-0.39, 0.29) is 0 Å². The summed E-state index contributed by atoms with van der Waals surface area (Å²) in [7, 11) is 1.89. The molecule has 97 valence electrons. The van der Waals surface area contributed by atoms with E-state index in [4.69, 9.17) is 5.26 Å². The molecule has 1 heterocycles. The molecule has 0 aliphatic carbocycles. The second-order valence-electron chi connectivity index (χ2n) is 4.20. The van der Waals surface area contributed by atoms with E-state index < -0.39 is 5.82 Å². The Morgan fingerprint density at radius 1 is 1.53 bits per heavy atom. The smallest absolute Gasteiger partial charge is 0.147 e. The van der Waals surface area contributed by atoms with Gasteiger partial charge in [-0.05, 0) is 25.1 Å². The van der Waals surface area contributed by atoms with Crippen LogP contribution in [0.5, 0.6) is 0 Å². The Labute approximate surface area is 111 Å². The lowest BCUT2D eigenvalue weighted by Gasteiger charge is -2.23. The van der Waals surface area contributed by atoms with Crippen molar-refractivity contribution in [3.8, 4) is 6.07 Å². The summed E-state index contributed by atoms with van der Waals surface area (Å²) in [5, 5.41) is 8.74. The lowest BCUT2D eigenvalue weighted by atomic mass is 10.2. The van der Waals surface area contributed by atoms with Gasteiger partial charge in [-0.15, -0.1) is 0 Å². The van der Waals surface area contributed by atoms with Crippen molar-refractivity contribution in [2.45, 2.75) is 6.54 Å². The summed E-state index contributed by atoms with van der Waals surface area (Å²) in [4.78, 5) is 5.83. The van der Waals surface area contributed by atoms with Crippen molar-refractivity contribution >= 4 is 5.69 Å². The summed E-state index contributed by atoms with van der Waals surface area (Å²) >= 11 is 0. The van der Waals surface area contributed by atoms with Gasteiger partial charge in [0, 0.05) is 19.8 Å². The monoisotopic (exact) mass is 257 g/mol. The number of hydrogen-bond acceptors (Lipinski definition) is 3. The van der Waals surface area contributed by atoms with E-state index >= 15 is 0 Å². The highest BCUT2D eigenvalue weighted by molar-refractivity contribution is 5.51.